The van der Waals surface area contributed by atoms with E-state index in [2.05, 4.69) is 10.3 Å². The molecule has 0 bridgehead atoms. The minimum atomic E-state index is -1.63. The molecule has 1 heterocycles. The molecule has 4 nitrogen and oxygen atoms in total. The van der Waals surface area contributed by atoms with Crippen LogP contribution in [0.5, 0.6) is 0 Å². The van der Waals surface area contributed by atoms with Gasteiger partial charge in [0, 0.05) is 0 Å². The van der Waals surface area contributed by atoms with Crippen LogP contribution < -0.4 is 5.32 Å². The van der Waals surface area contributed by atoms with Gasteiger partial charge in [-0.3, -0.25) is 4.79 Å². The number of anilines is 1. The summed E-state index contributed by atoms with van der Waals surface area (Å²) in [5, 5.41) is 2.46. The second-order valence-electron chi connectivity index (χ2n) is 4.51. The van der Waals surface area contributed by atoms with Crippen LogP contribution >= 0.6 is 11.8 Å². The third kappa shape index (κ3) is 3.31. The first-order valence-electron chi connectivity index (χ1n) is 6.46. The van der Waals surface area contributed by atoms with Crippen LogP contribution in [0, 0.1) is 17.5 Å². The summed E-state index contributed by atoms with van der Waals surface area (Å²) in [6.45, 7) is 0. The van der Waals surface area contributed by atoms with E-state index in [1.807, 2.05) is 0 Å². The predicted molar refractivity (Wildman–Crippen MR) is 79.7 cm³/mol. The average molecular weight is 338 g/mol. The third-order valence-corrected chi connectivity index (χ3v) is 3.74. The summed E-state index contributed by atoms with van der Waals surface area (Å²) in [7, 11) is 0. The van der Waals surface area contributed by atoms with Gasteiger partial charge in [-0.25, -0.2) is 18.2 Å². The number of carbonyl (C=O) groups excluding carboxylic acids is 1. The minimum Gasteiger partial charge on any atom is -0.431 e. The van der Waals surface area contributed by atoms with E-state index in [0.29, 0.717) is 11.1 Å². The van der Waals surface area contributed by atoms with Crippen LogP contribution in [0.25, 0.3) is 11.1 Å². The van der Waals surface area contributed by atoms with E-state index in [9.17, 15) is 18.0 Å². The quantitative estimate of drug-likeness (QED) is 0.578. The van der Waals surface area contributed by atoms with Crippen molar-refractivity contribution in [3.8, 4) is 0 Å². The van der Waals surface area contributed by atoms with Crippen molar-refractivity contribution in [2.75, 3.05) is 11.1 Å². The van der Waals surface area contributed by atoms with Gasteiger partial charge in [0.1, 0.15) is 5.52 Å². The van der Waals surface area contributed by atoms with Crippen molar-refractivity contribution < 1.29 is 22.4 Å². The number of rotatable bonds is 4. The molecule has 0 atom stereocenters. The molecule has 0 aliphatic rings. The molecule has 0 unspecified atom stereocenters. The highest BCUT2D eigenvalue weighted by Gasteiger charge is 2.16. The number of para-hydroxylation sites is 2. The highest BCUT2D eigenvalue weighted by Crippen LogP contribution is 2.24. The van der Waals surface area contributed by atoms with Gasteiger partial charge in [0.15, 0.2) is 23.0 Å². The van der Waals surface area contributed by atoms with Crippen molar-refractivity contribution in [3.05, 3.63) is 53.8 Å². The fourth-order valence-corrected chi connectivity index (χ4v) is 2.49. The topological polar surface area (TPSA) is 55.1 Å². The molecule has 1 amide bonds. The number of nitrogens with one attached hydrogen (secondary N) is 1. The number of fused-ring (bicyclic) bond motifs is 1. The molecule has 8 heteroatoms. The van der Waals surface area contributed by atoms with E-state index in [0.717, 1.165) is 23.9 Å². The van der Waals surface area contributed by atoms with Gasteiger partial charge >= 0.3 is 0 Å². The standard InChI is InChI=1S/C15H9F3N2O2S/c16-8-5-6-10(14(18)13(8)17)19-12(21)7-23-15-20-9-3-1-2-4-11(9)22-15/h1-6H,7H2,(H,19,21). The van der Waals surface area contributed by atoms with Gasteiger partial charge in [-0.05, 0) is 24.3 Å². The number of halogens is 3. The molecule has 1 N–H and O–H groups in total. The van der Waals surface area contributed by atoms with Crippen LogP contribution in [0.3, 0.4) is 0 Å². The predicted octanol–water partition coefficient (Wildman–Crippen LogP) is 3.98. The molecule has 3 aromatic rings. The van der Waals surface area contributed by atoms with Crippen LogP contribution in [-0.2, 0) is 4.79 Å². The molecule has 2 aromatic carbocycles. The molecule has 0 aliphatic carbocycles. The molecule has 3 rings (SSSR count). The molecule has 118 valence electrons. The number of thioether (sulfide) groups is 1. The third-order valence-electron chi connectivity index (χ3n) is 2.91. The number of hydrogen-bond donors (Lipinski definition) is 1. The Morgan fingerprint density at radius 3 is 2.70 bits per heavy atom. The van der Waals surface area contributed by atoms with Crippen molar-refractivity contribution in [3.63, 3.8) is 0 Å². The Bertz CT molecular complexity index is 849. The minimum absolute atomic E-state index is 0.120. The van der Waals surface area contributed by atoms with Crippen LogP contribution in [0.4, 0.5) is 18.9 Å². The Kier molecular flexibility index (Phi) is 4.24. The van der Waals surface area contributed by atoms with Crippen LogP contribution in [-0.4, -0.2) is 16.6 Å². The molecular weight excluding hydrogens is 329 g/mol. The number of benzene rings is 2. The van der Waals surface area contributed by atoms with Gasteiger partial charge < -0.3 is 9.73 Å². The van der Waals surface area contributed by atoms with Crippen molar-refractivity contribution in [1.82, 2.24) is 4.98 Å². The van der Waals surface area contributed by atoms with Crippen LogP contribution in [0.2, 0.25) is 0 Å². The smallest absolute Gasteiger partial charge is 0.257 e. The second kappa shape index (κ2) is 6.33. The summed E-state index contributed by atoms with van der Waals surface area (Å²) >= 11 is 1.01. The first-order valence-corrected chi connectivity index (χ1v) is 7.45. The molecule has 1 aromatic heterocycles. The zero-order chi connectivity index (χ0) is 16.4. The Hall–Kier alpha value is -2.48. The normalized spacial score (nSPS) is 10.9. The summed E-state index contributed by atoms with van der Waals surface area (Å²) in [4.78, 5) is 15.9. The molecule has 0 saturated heterocycles. The Labute approximate surface area is 132 Å². The zero-order valence-corrected chi connectivity index (χ0v) is 12.3. The summed E-state index contributed by atoms with van der Waals surface area (Å²) in [6.07, 6.45) is 0. The maximum Gasteiger partial charge on any atom is 0.257 e. The zero-order valence-electron chi connectivity index (χ0n) is 11.5. The van der Waals surface area contributed by atoms with Gasteiger partial charge in [-0.1, -0.05) is 23.9 Å². The van der Waals surface area contributed by atoms with Gasteiger partial charge in [0.05, 0.1) is 11.4 Å². The van der Waals surface area contributed by atoms with Crippen molar-refractivity contribution in [1.29, 1.82) is 0 Å². The maximum absolute atomic E-state index is 13.5. The van der Waals surface area contributed by atoms with E-state index in [1.54, 1.807) is 24.3 Å². The monoisotopic (exact) mass is 338 g/mol. The van der Waals surface area contributed by atoms with Crippen molar-refractivity contribution in [2.24, 2.45) is 0 Å². The van der Waals surface area contributed by atoms with Crippen molar-refractivity contribution in [2.45, 2.75) is 5.22 Å². The molecule has 0 spiro atoms. The van der Waals surface area contributed by atoms with Gasteiger partial charge in [-0.2, -0.15) is 0 Å². The lowest BCUT2D eigenvalue weighted by atomic mass is 10.3. The molecule has 0 saturated carbocycles. The summed E-state index contributed by atoms with van der Waals surface area (Å²) in [6, 6.07) is 8.79. The SMILES string of the molecule is O=C(CSc1nc2ccccc2o1)Nc1ccc(F)c(F)c1F. The van der Waals surface area contributed by atoms with Gasteiger partial charge in [0.25, 0.3) is 5.22 Å². The Balaban J connectivity index is 1.64. The van der Waals surface area contributed by atoms with E-state index < -0.39 is 29.0 Å². The number of oxazole rings is 1. The summed E-state index contributed by atoms with van der Waals surface area (Å²) < 4.78 is 44.8. The van der Waals surface area contributed by atoms with E-state index in [4.69, 9.17) is 4.42 Å². The Morgan fingerprint density at radius 1 is 1.13 bits per heavy atom. The average Bonchev–Trinajstić information content (AvgIpc) is 2.96. The Morgan fingerprint density at radius 2 is 1.91 bits per heavy atom. The van der Waals surface area contributed by atoms with Gasteiger partial charge in [0.2, 0.25) is 5.91 Å². The maximum atomic E-state index is 13.5. The number of aromatic nitrogens is 1. The van der Waals surface area contributed by atoms with Crippen LogP contribution in [0.15, 0.2) is 46.0 Å². The number of amides is 1. The first kappa shape index (κ1) is 15.4. The number of hydrogen-bond acceptors (Lipinski definition) is 4. The molecular formula is C15H9F3N2O2S. The highest BCUT2D eigenvalue weighted by molar-refractivity contribution is 7.99. The first-order chi connectivity index (χ1) is 11.0. The van der Waals surface area contributed by atoms with Gasteiger partial charge in [-0.15, -0.1) is 0 Å². The highest BCUT2D eigenvalue weighted by atomic mass is 32.2. The molecule has 0 fully saturated rings. The largest absolute Gasteiger partial charge is 0.431 e. The van der Waals surface area contributed by atoms with Crippen molar-refractivity contribution >= 4 is 34.5 Å². The fraction of sp³-hybridized carbons (Fsp3) is 0.0667. The fourth-order valence-electron chi connectivity index (χ4n) is 1.85. The lowest BCUT2D eigenvalue weighted by Crippen LogP contribution is -2.15. The number of carbonyl (C=O) groups is 1. The second-order valence-corrected chi connectivity index (χ2v) is 5.43. The molecule has 23 heavy (non-hydrogen) atoms. The van der Waals surface area contributed by atoms with E-state index in [1.165, 1.54) is 0 Å². The lowest BCUT2D eigenvalue weighted by molar-refractivity contribution is -0.113. The number of nitrogens with zero attached hydrogens (tertiary/aromatic N) is 1. The van der Waals surface area contributed by atoms with Crippen LogP contribution in [0.1, 0.15) is 0 Å². The van der Waals surface area contributed by atoms with E-state index in [-0.39, 0.29) is 11.0 Å². The molecule has 0 aliphatic heterocycles. The lowest BCUT2D eigenvalue weighted by Gasteiger charge is -2.06. The summed E-state index contributed by atoms with van der Waals surface area (Å²) in [5.41, 5.74) is 0.816. The molecule has 0 radical (unpaired) electrons. The van der Waals surface area contributed by atoms with E-state index >= 15 is 0 Å². The summed E-state index contributed by atoms with van der Waals surface area (Å²) in [5.74, 6) is -5.10.